The molecule has 0 rings (SSSR count). The van der Waals surface area contributed by atoms with Crippen molar-refractivity contribution in [1.82, 2.24) is 11.2 Å². The molecule has 3 nitrogen and oxygen atoms in total. The highest BCUT2D eigenvalue weighted by molar-refractivity contribution is 4.55. The monoisotopic (exact) mass is 117 g/mol. The first-order chi connectivity index (χ1) is 3.56. The highest BCUT2D eigenvalue weighted by Crippen LogP contribution is 2.02. The number of hydrogen-bond donors (Lipinski definition) is 1. The molecule has 49 valence electrons. The van der Waals surface area contributed by atoms with E-state index in [1.165, 1.54) is 0 Å². The molecule has 0 aromatic carbocycles. The summed E-state index contributed by atoms with van der Waals surface area (Å²) in [6.45, 7) is 5.89. The van der Waals surface area contributed by atoms with Gasteiger partial charge in [-0.1, -0.05) is 0 Å². The molecular formula is C5H13N2O. The van der Waals surface area contributed by atoms with E-state index in [1.54, 1.807) is 0 Å². The molecule has 0 aliphatic carbocycles. The van der Waals surface area contributed by atoms with Gasteiger partial charge in [0, 0.05) is 0 Å². The second kappa shape index (κ2) is 3.02. The Bertz CT molecular complexity index is 57.9. The predicted octanol–water partition coefficient (Wildman–Crippen LogP) is 0.546. The lowest BCUT2D eigenvalue weighted by molar-refractivity contribution is -0.0720. The van der Waals surface area contributed by atoms with Crippen molar-refractivity contribution >= 4 is 0 Å². The molecule has 2 N–H and O–H groups in total. The zero-order valence-electron chi connectivity index (χ0n) is 5.62. The molecule has 0 saturated heterocycles. The summed E-state index contributed by atoms with van der Waals surface area (Å²) >= 11 is 0. The summed E-state index contributed by atoms with van der Waals surface area (Å²) in [5.74, 6) is 0. The molecule has 0 aliphatic rings. The van der Waals surface area contributed by atoms with E-state index < -0.39 is 0 Å². The summed E-state index contributed by atoms with van der Waals surface area (Å²) in [6, 6.07) is 0. The first kappa shape index (κ1) is 7.88. The normalized spacial score (nSPS) is 12.0. The van der Waals surface area contributed by atoms with Gasteiger partial charge in [0.05, 0.1) is 12.3 Å². The van der Waals surface area contributed by atoms with Gasteiger partial charge in [-0.3, -0.25) is 4.84 Å². The van der Waals surface area contributed by atoms with Crippen LogP contribution >= 0.6 is 0 Å². The van der Waals surface area contributed by atoms with E-state index in [9.17, 15) is 0 Å². The second-order valence-electron chi connectivity index (χ2n) is 2.54. The van der Waals surface area contributed by atoms with Crippen LogP contribution in [0.1, 0.15) is 20.8 Å². The van der Waals surface area contributed by atoms with Crippen LogP contribution < -0.4 is 11.2 Å². The smallest absolute Gasteiger partial charge is 0.0830 e. The SMILES string of the molecule is CC(C)(C)ONC[NH]. The Labute approximate surface area is 50.2 Å². The second-order valence-corrected chi connectivity index (χ2v) is 2.54. The topological polar surface area (TPSA) is 45.1 Å². The van der Waals surface area contributed by atoms with Gasteiger partial charge in [0.1, 0.15) is 0 Å². The molecule has 0 amide bonds. The van der Waals surface area contributed by atoms with Gasteiger partial charge in [-0.15, -0.1) is 0 Å². The molecule has 0 spiro atoms. The predicted molar refractivity (Wildman–Crippen MR) is 31.9 cm³/mol. The van der Waals surface area contributed by atoms with Crippen LogP contribution in [0.25, 0.3) is 0 Å². The van der Waals surface area contributed by atoms with E-state index in [1.807, 2.05) is 20.8 Å². The van der Waals surface area contributed by atoms with E-state index in [4.69, 9.17) is 10.6 Å². The van der Waals surface area contributed by atoms with E-state index in [0.717, 1.165) is 0 Å². The zero-order chi connectivity index (χ0) is 6.62. The molecule has 0 aromatic heterocycles. The largest absolute Gasteiger partial charge is 0.295 e. The zero-order valence-corrected chi connectivity index (χ0v) is 5.62. The highest BCUT2D eigenvalue weighted by Gasteiger charge is 2.08. The Hall–Kier alpha value is -0.120. The number of hydrogen-bond acceptors (Lipinski definition) is 2. The van der Waals surface area contributed by atoms with Crippen molar-refractivity contribution in [2.24, 2.45) is 0 Å². The van der Waals surface area contributed by atoms with Gasteiger partial charge < -0.3 is 0 Å². The quantitative estimate of drug-likeness (QED) is 0.537. The van der Waals surface area contributed by atoms with Crippen molar-refractivity contribution in [3.05, 3.63) is 0 Å². The van der Waals surface area contributed by atoms with E-state index in [2.05, 4.69) is 5.48 Å². The fraction of sp³-hybridized carbons (Fsp3) is 1.00. The van der Waals surface area contributed by atoms with Gasteiger partial charge in [0.15, 0.2) is 0 Å². The van der Waals surface area contributed by atoms with Crippen LogP contribution in [0.15, 0.2) is 0 Å². The molecule has 8 heavy (non-hydrogen) atoms. The summed E-state index contributed by atoms with van der Waals surface area (Å²) in [5.41, 5.74) is 8.92. The standard InChI is InChI=1S/C5H13N2O/c1-5(2,3)8-7-4-6/h6-7H,4H2,1-3H3. The van der Waals surface area contributed by atoms with Gasteiger partial charge in [-0.25, -0.2) is 5.73 Å². The Morgan fingerprint density at radius 2 is 2.00 bits per heavy atom. The first-order valence-electron chi connectivity index (χ1n) is 2.62. The lowest BCUT2D eigenvalue weighted by Crippen LogP contribution is -2.29. The molecule has 3 heteroatoms. The lowest BCUT2D eigenvalue weighted by atomic mass is 10.2. The first-order valence-corrected chi connectivity index (χ1v) is 2.62. The molecule has 0 aliphatic heterocycles. The molecule has 0 bridgehead atoms. The molecule has 0 saturated carbocycles. The summed E-state index contributed by atoms with van der Waals surface area (Å²) in [6.07, 6.45) is 0. The maximum atomic E-state index is 6.65. The minimum absolute atomic E-state index is 0.108. The number of nitrogens with one attached hydrogen (secondary N) is 2. The molecule has 0 unspecified atom stereocenters. The Morgan fingerprint density at radius 3 is 2.12 bits per heavy atom. The third-order valence-corrected chi connectivity index (χ3v) is 0.451. The molecule has 1 radical (unpaired) electrons. The van der Waals surface area contributed by atoms with E-state index >= 15 is 0 Å². The van der Waals surface area contributed by atoms with Crippen molar-refractivity contribution < 1.29 is 4.84 Å². The maximum Gasteiger partial charge on any atom is 0.0830 e. The Kier molecular flexibility index (Phi) is 2.97. The fourth-order valence-corrected chi connectivity index (χ4v) is 0.253. The number of hydroxylamine groups is 1. The summed E-state index contributed by atoms with van der Waals surface area (Å²) in [5, 5.41) is 0. The maximum absolute atomic E-state index is 6.65. The number of rotatable bonds is 2. The third kappa shape index (κ3) is 5.88. The van der Waals surface area contributed by atoms with Crippen LogP contribution in [0.4, 0.5) is 0 Å². The summed E-state index contributed by atoms with van der Waals surface area (Å²) in [7, 11) is 0. The van der Waals surface area contributed by atoms with Crippen molar-refractivity contribution in [1.29, 1.82) is 0 Å². The fourth-order valence-electron chi connectivity index (χ4n) is 0.253. The van der Waals surface area contributed by atoms with Crippen molar-refractivity contribution in [3.8, 4) is 0 Å². The molecular weight excluding hydrogens is 104 g/mol. The Balaban J connectivity index is 3.11. The minimum atomic E-state index is -0.180. The molecule has 0 heterocycles. The van der Waals surface area contributed by atoms with Gasteiger partial charge >= 0.3 is 0 Å². The van der Waals surface area contributed by atoms with Gasteiger partial charge in [-0.2, -0.15) is 5.48 Å². The van der Waals surface area contributed by atoms with Crippen molar-refractivity contribution in [2.45, 2.75) is 26.4 Å². The van der Waals surface area contributed by atoms with E-state index in [0.29, 0.717) is 0 Å². The van der Waals surface area contributed by atoms with Crippen LogP contribution in [0.3, 0.4) is 0 Å². The van der Waals surface area contributed by atoms with Crippen molar-refractivity contribution in [2.75, 3.05) is 6.67 Å². The van der Waals surface area contributed by atoms with Crippen LogP contribution in [0.2, 0.25) is 0 Å². The van der Waals surface area contributed by atoms with Crippen LogP contribution in [0, 0.1) is 0 Å². The summed E-state index contributed by atoms with van der Waals surface area (Å²) in [4.78, 5) is 4.94. The average Bonchev–Trinajstić information content (AvgIpc) is 1.59. The molecule has 0 atom stereocenters. The minimum Gasteiger partial charge on any atom is -0.295 e. The van der Waals surface area contributed by atoms with Crippen LogP contribution in [-0.2, 0) is 4.84 Å². The van der Waals surface area contributed by atoms with E-state index in [-0.39, 0.29) is 12.3 Å². The van der Waals surface area contributed by atoms with Gasteiger partial charge in [0.2, 0.25) is 0 Å². The van der Waals surface area contributed by atoms with Crippen LogP contribution in [0.5, 0.6) is 0 Å². The van der Waals surface area contributed by atoms with Crippen LogP contribution in [-0.4, -0.2) is 12.3 Å². The lowest BCUT2D eigenvalue weighted by Gasteiger charge is -2.17. The third-order valence-electron chi connectivity index (χ3n) is 0.451. The Morgan fingerprint density at radius 1 is 1.50 bits per heavy atom. The molecule has 0 aromatic rings. The van der Waals surface area contributed by atoms with Gasteiger partial charge in [0.25, 0.3) is 0 Å². The van der Waals surface area contributed by atoms with Crippen molar-refractivity contribution in [3.63, 3.8) is 0 Å². The highest BCUT2D eigenvalue weighted by atomic mass is 16.7. The average molecular weight is 117 g/mol. The van der Waals surface area contributed by atoms with Gasteiger partial charge in [-0.05, 0) is 20.8 Å². The molecule has 0 fully saturated rings. The summed E-state index contributed by atoms with van der Waals surface area (Å²) < 4.78 is 0.